The molecule has 1 aliphatic carbocycles. The standard InChI is InChI=1S/C16H18ClN3OS/c17-11-5-4-8-13(9-11)19-16-20-14(10-22-16)15(21)18-12-6-2-1-3-7-12/h4-5,8-10,12H,1-3,6-7H2,(H,18,21)(H,19,20). The van der Waals surface area contributed by atoms with E-state index in [0.29, 0.717) is 21.9 Å². The van der Waals surface area contributed by atoms with Gasteiger partial charge in [-0.3, -0.25) is 4.79 Å². The van der Waals surface area contributed by atoms with E-state index in [0.717, 1.165) is 18.5 Å². The molecule has 0 atom stereocenters. The van der Waals surface area contributed by atoms with Gasteiger partial charge >= 0.3 is 0 Å². The molecule has 1 aromatic carbocycles. The number of amides is 1. The molecule has 1 saturated carbocycles. The van der Waals surface area contributed by atoms with E-state index in [9.17, 15) is 4.79 Å². The molecule has 1 aromatic heterocycles. The zero-order chi connectivity index (χ0) is 15.4. The van der Waals surface area contributed by atoms with Gasteiger partial charge in [0.25, 0.3) is 5.91 Å². The highest BCUT2D eigenvalue weighted by molar-refractivity contribution is 7.14. The number of carbonyl (C=O) groups is 1. The number of hydrogen-bond donors (Lipinski definition) is 2. The van der Waals surface area contributed by atoms with Crippen molar-refractivity contribution in [2.45, 2.75) is 38.1 Å². The number of aromatic nitrogens is 1. The summed E-state index contributed by atoms with van der Waals surface area (Å²) >= 11 is 7.37. The maximum absolute atomic E-state index is 12.2. The van der Waals surface area contributed by atoms with Crippen molar-refractivity contribution in [3.63, 3.8) is 0 Å². The van der Waals surface area contributed by atoms with Gasteiger partial charge in [-0.05, 0) is 31.0 Å². The van der Waals surface area contributed by atoms with Crippen LogP contribution in [0.25, 0.3) is 0 Å². The molecule has 1 fully saturated rings. The van der Waals surface area contributed by atoms with Gasteiger partial charge in [0.2, 0.25) is 0 Å². The van der Waals surface area contributed by atoms with Crippen LogP contribution in [0.2, 0.25) is 5.02 Å². The van der Waals surface area contributed by atoms with Crippen LogP contribution in [0.1, 0.15) is 42.6 Å². The molecular weight excluding hydrogens is 318 g/mol. The van der Waals surface area contributed by atoms with Crippen LogP contribution < -0.4 is 10.6 Å². The maximum Gasteiger partial charge on any atom is 0.271 e. The minimum Gasteiger partial charge on any atom is -0.348 e. The van der Waals surface area contributed by atoms with Crippen molar-refractivity contribution in [1.29, 1.82) is 0 Å². The lowest BCUT2D eigenvalue weighted by molar-refractivity contribution is 0.0923. The number of hydrogen-bond acceptors (Lipinski definition) is 4. The van der Waals surface area contributed by atoms with Gasteiger partial charge in [0.1, 0.15) is 5.69 Å². The van der Waals surface area contributed by atoms with E-state index in [1.54, 1.807) is 5.38 Å². The zero-order valence-electron chi connectivity index (χ0n) is 12.1. The van der Waals surface area contributed by atoms with Crippen molar-refractivity contribution in [1.82, 2.24) is 10.3 Å². The Labute approximate surface area is 138 Å². The number of benzene rings is 1. The van der Waals surface area contributed by atoms with Crippen molar-refractivity contribution < 1.29 is 4.79 Å². The van der Waals surface area contributed by atoms with E-state index in [1.807, 2.05) is 24.3 Å². The van der Waals surface area contributed by atoms with Crippen molar-refractivity contribution in [2.24, 2.45) is 0 Å². The summed E-state index contributed by atoms with van der Waals surface area (Å²) in [5, 5.41) is 9.38. The van der Waals surface area contributed by atoms with Crippen LogP contribution in [-0.2, 0) is 0 Å². The fourth-order valence-corrected chi connectivity index (χ4v) is 3.53. The highest BCUT2D eigenvalue weighted by Crippen LogP contribution is 2.23. The first-order chi connectivity index (χ1) is 10.7. The lowest BCUT2D eigenvalue weighted by atomic mass is 9.95. The Bertz CT molecular complexity index is 652. The molecule has 4 nitrogen and oxygen atoms in total. The molecule has 0 radical (unpaired) electrons. The van der Waals surface area contributed by atoms with Crippen molar-refractivity contribution in [3.8, 4) is 0 Å². The smallest absolute Gasteiger partial charge is 0.271 e. The molecule has 2 N–H and O–H groups in total. The van der Waals surface area contributed by atoms with Crippen LogP contribution in [-0.4, -0.2) is 16.9 Å². The molecule has 1 heterocycles. The Balaban J connectivity index is 1.61. The summed E-state index contributed by atoms with van der Waals surface area (Å²) in [5.74, 6) is -0.0812. The van der Waals surface area contributed by atoms with Crippen LogP contribution in [0, 0.1) is 0 Å². The van der Waals surface area contributed by atoms with Gasteiger partial charge in [0, 0.05) is 22.1 Å². The molecule has 116 valence electrons. The molecule has 1 amide bonds. The molecule has 2 aromatic rings. The van der Waals surface area contributed by atoms with E-state index in [4.69, 9.17) is 11.6 Å². The highest BCUT2D eigenvalue weighted by atomic mass is 35.5. The highest BCUT2D eigenvalue weighted by Gasteiger charge is 2.18. The Morgan fingerprint density at radius 2 is 2.09 bits per heavy atom. The van der Waals surface area contributed by atoms with Crippen LogP contribution in [0.5, 0.6) is 0 Å². The van der Waals surface area contributed by atoms with Crippen molar-refractivity contribution >= 4 is 39.7 Å². The number of halogens is 1. The van der Waals surface area contributed by atoms with Crippen LogP contribution in [0.4, 0.5) is 10.8 Å². The van der Waals surface area contributed by atoms with E-state index >= 15 is 0 Å². The second-order valence-corrected chi connectivity index (χ2v) is 6.78. The Hall–Kier alpha value is -1.59. The molecule has 0 aliphatic heterocycles. The minimum atomic E-state index is -0.0812. The number of thiazole rings is 1. The summed E-state index contributed by atoms with van der Waals surface area (Å²) in [5.41, 5.74) is 1.33. The van der Waals surface area contributed by atoms with Gasteiger partial charge in [-0.1, -0.05) is 36.9 Å². The summed E-state index contributed by atoms with van der Waals surface area (Å²) < 4.78 is 0. The first-order valence-electron chi connectivity index (χ1n) is 7.50. The average molecular weight is 336 g/mol. The average Bonchev–Trinajstić information content (AvgIpc) is 2.97. The summed E-state index contributed by atoms with van der Waals surface area (Å²) in [6.45, 7) is 0. The predicted octanol–water partition coefficient (Wildman–Crippen LogP) is 4.60. The summed E-state index contributed by atoms with van der Waals surface area (Å²) in [7, 11) is 0. The Morgan fingerprint density at radius 3 is 2.86 bits per heavy atom. The third-order valence-corrected chi connectivity index (χ3v) is 4.75. The molecule has 0 spiro atoms. The van der Waals surface area contributed by atoms with Gasteiger partial charge < -0.3 is 10.6 Å². The second-order valence-electron chi connectivity index (χ2n) is 5.48. The fourth-order valence-electron chi connectivity index (χ4n) is 2.63. The minimum absolute atomic E-state index is 0.0812. The second kappa shape index (κ2) is 7.11. The number of nitrogens with zero attached hydrogens (tertiary/aromatic N) is 1. The number of rotatable bonds is 4. The molecular formula is C16H18ClN3OS. The van der Waals surface area contributed by atoms with Crippen LogP contribution >= 0.6 is 22.9 Å². The molecule has 0 unspecified atom stereocenters. The first kappa shape index (κ1) is 15.3. The molecule has 0 bridgehead atoms. The van der Waals surface area contributed by atoms with Gasteiger partial charge in [-0.2, -0.15) is 0 Å². The normalized spacial score (nSPS) is 15.5. The van der Waals surface area contributed by atoms with E-state index in [2.05, 4.69) is 15.6 Å². The van der Waals surface area contributed by atoms with E-state index in [-0.39, 0.29) is 5.91 Å². The largest absolute Gasteiger partial charge is 0.348 e. The zero-order valence-corrected chi connectivity index (χ0v) is 13.7. The van der Waals surface area contributed by atoms with Gasteiger partial charge in [0.15, 0.2) is 5.13 Å². The first-order valence-corrected chi connectivity index (χ1v) is 8.75. The summed E-state index contributed by atoms with van der Waals surface area (Å²) in [6.07, 6.45) is 5.82. The number of anilines is 2. The quantitative estimate of drug-likeness (QED) is 0.858. The van der Waals surface area contributed by atoms with Crippen LogP contribution in [0.3, 0.4) is 0 Å². The molecule has 1 aliphatic rings. The molecule has 6 heteroatoms. The lowest BCUT2D eigenvalue weighted by Crippen LogP contribution is -2.36. The molecule has 22 heavy (non-hydrogen) atoms. The fraction of sp³-hybridized carbons (Fsp3) is 0.375. The van der Waals surface area contributed by atoms with Crippen LogP contribution in [0.15, 0.2) is 29.6 Å². The maximum atomic E-state index is 12.2. The Morgan fingerprint density at radius 1 is 1.27 bits per heavy atom. The van der Waals surface area contributed by atoms with Gasteiger partial charge in [0.05, 0.1) is 0 Å². The Kier molecular flexibility index (Phi) is 4.95. The number of nitrogens with one attached hydrogen (secondary N) is 2. The van der Waals surface area contributed by atoms with Gasteiger partial charge in [-0.25, -0.2) is 4.98 Å². The van der Waals surface area contributed by atoms with Crippen molar-refractivity contribution in [2.75, 3.05) is 5.32 Å². The van der Waals surface area contributed by atoms with Gasteiger partial charge in [-0.15, -0.1) is 11.3 Å². The monoisotopic (exact) mass is 335 g/mol. The molecule has 0 saturated heterocycles. The lowest BCUT2D eigenvalue weighted by Gasteiger charge is -2.22. The predicted molar refractivity (Wildman–Crippen MR) is 91.2 cm³/mol. The van der Waals surface area contributed by atoms with E-state index < -0.39 is 0 Å². The third kappa shape index (κ3) is 3.99. The molecule has 3 rings (SSSR count). The van der Waals surface area contributed by atoms with Crippen molar-refractivity contribution in [3.05, 3.63) is 40.4 Å². The number of carbonyl (C=O) groups excluding carboxylic acids is 1. The summed E-state index contributed by atoms with van der Waals surface area (Å²) in [4.78, 5) is 16.6. The third-order valence-electron chi connectivity index (χ3n) is 3.75. The SMILES string of the molecule is O=C(NC1CCCCC1)c1csc(Nc2cccc(Cl)c2)n1. The van der Waals surface area contributed by atoms with E-state index in [1.165, 1.54) is 30.6 Å². The topological polar surface area (TPSA) is 54.0 Å². The summed E-state index contributed by atoms with van der Waals surface area (Å²) in [6, 6.07) is 7.72.